The van der Waals surface area contributed by atoms with Gasteiger partial charge in [0.2, 0.25) is 5.91 Å². The number of nitrogens with zero attached hydrogens (tertiary/aromatic N) is 1. The lowest BCUT2D eigenvalue weighted by Gasteiger charge is -2.34. The first kappa shape index (κ1) is 23.6. The lowest BCUT2D eigenvalue weighted by atomic mass is 9.86. The maximum absolute atomic E-state index is 13.1. The number of ether oxygens (including phenoxy) is 1. The van der Waals surface area contributed by atoms with Gasteiger partial charge >= 0.3 is 0 Å². The smallest absolute Gasteiger partial charge is 0.263 e. The van der Waals surface area contributed by atoms with Crippen LogP contribution in [0, 0.1) is 0 Å². The summed E-state index contributed by atoms with van der Waals surface area (Å²) < 4.78 is 33.7. The summed E-state index contributed by atoms with van der Waals surface area (Å²) in [5.74, 6) is 0.709. The Hall–Kier alpha value is -3.52. The molecule has 178 valence electrons. The van der Waals surface area contributed by atoms with E-state index in [0.29, 0.717) is 11.4 Å². The SMILES string of the molecule is COc1cccc(CC(=O)N(C)C2CCCc3ccc(NS(=O)(=O)c4ccccc4N)cc32)c1. The molecule has 1 unspecified atom stereocenters. The van der Waals surface area contributed by atoms with E-state index in [1.54, 1.807) is 36.3 Å². The third-order valence-corrected chi connectivity index (χ3v) is 7.69. The number of carbonyl (C=O) groups is 1. The Morgan fingerprint density at radius 1 is 1.12 bits per heavy atom. The molecule has 0 radical (unpaired) electrons. The number of hydrogen-bond acceptors (Lipinski definition) is 5. The first-order valence-corrected chi connectivity index (χ1v) is 12.7. The number of para-hydroxylation sites is 1. The summed E-state index contributed by atoms with van der Waals surface area (Å²) in [6.45, 7) is 0. The molecule has 0 fully saturated rings. The minimum absolute atomic E-state index is 0.00542. The summed E-state index contributed by atoms with van der Waals surface area (Å²) in [7, 11) is -0.429. The van der Waals surface area contributed by atoms with E-state index in [4.69, 9.17) is 10.5 Å². The van der Waals surface area contributed by atoms with Crippen molar-refractivity contribution in [2.24, 2.45) is 0 Å². The zero-order valence-corrected chi connectivity index (χ0v) is 20.1. The van der Waals surface area contributed by atoms with E-state index in [2.05, 4.69) is 4.72 Å². The Kier molecular flexibility index (Phi) is 6.79. The molecule has 0 saturated carbocycles. The number of amides is 1. The number of benzene rings is 3. The van der Waals surface area contributed by atoms with Crippen molar-refractivity contribution in [3.05, 3.63) is 83.4 Å². The van der Waals surface area contributed by atoms with Crippen molar-refractivity contribution in [1.29, 1.82) is 0 Å². The van der Waals surface area contributed by atoms with Crippen LogP contribution in [0.1, 0.15) is 35.6 Å². The molecule has 7 nitrogen and oxygen atoms in total. The highest BCUT2D eigenvalue weighted by Crippen LogP contribution is 2.36. The minimum atomic E-state index is -3.84. The van der Waals surface area contributed by atoms with E-state index in [-0.39, 0.29) is 29.0 Å². The number of anilines is 2. The fourth-order valence-electron chi connectivity index (χ4n) is 4.43. The second kappa shape index (κ2) is 9.77. The van der Waals surface area contributed by atoms with Crippen LogP contribution in [-0.2, 0) is 27.7 Å². The zero-order valence-electron chi connectivity index (χ0n) is 19.3. The number of rotatable bonds is 7. The average Bonchev–Trinajstić information content (AvgIpc) is 2.83. The molecule has 3 N–H and O–H groups in total. The predicted octanol–water partition coefficient (Wildman–Crippen LogP) is 4.16. The average molecular weight is 480 g/mol. The third-order valence-electron chi connectivity index (χ3n) is 6.24. The number of likely N-dealkylation sites (N-methyl/N-ethyl adjacent to an activating group) is 1. The van der Waals surface area contributed by atoms with E-state index in [0.717, 1.165) is 36.0 Å². The largest absolute Gasteiger partial charge is 0.497 e. The van der Waals surface area contributed by atoms with Gasteiger partial charge in [-0.25, -0.2) is 8.42 Å². The predicted molar refractivity (Wildman–Crippen MR) is 133 cm³/mol. The summed E-state index contributed by atoms with van der Waals surface area (Å²) in [5, 5.41) is 0. The van der Waals surface area contributed by atoms with Crippen LogP contribution in [0.4, 0.5) is 11.4 Å². The molecule has 3 aromatic rings. The van der Waals surface area contributed by atoms with Crippen LogP contribution in [0.2, 0.25) is 0 Å². The maximum Gasteiger partial charge on any atom is 0.263 e. The van der Waals surface area contributed by atoms with Crippen molar-refractivity contribution in [1.82, 2.24) is 4.90 Å². The summed E-state index contributed by atoms with van der Waals surface area (Å²) >= 11 is 0. The second-order valence-corrected chi connectivity index (χ2v) is 10.1. The molecule has 4 rings (SSSR count). The molecule has 1 aliphatic carbocycles. The van der Waals surface area contributed by atoms with Gasteiger partial charge in [0.15, 0.2) is 0 Å². The number of fused-ring (bicyclic) bond motifs is 1. The van der Waals surface area contributed by atoms with Crippen LogP contribution >= 0.6 is 0 Å². The Labute approximate surface area is 200 Å². The van der Waals surface area contributed by atoms with E-state index >= 15 is 0 Å². The van der Waals surface area contributed by atoms with Crippen LogP contribution in [-0.4, -0.2) is 33.4 Å². The molecule has 0 saturated heterocycles. The molecular formula is C26H29N3O4S. The van der Waals surface area contributed by atoms with Crippen LogP contribution in [0.15, 0.2) is 71.6 Å². The van der Waals surface area contributed by atoms with Crippen molar-refractivity contribution in [3.8, 4) is 5.75 Å². The van der Waals surface area contributed by atoms with Crippen molar-refractivity contribution >= 4 is 27.3 Å². The summed E-state index contributed by atoms with van der Waals surface area (Å²) in [6.07, 6.45) is 2.93. The highest BCUT2D eigenvalue weighted by molar-refractivity contribution is 7.92. The van der Waals surface area contributed by atoms with Gasteiger partial charge < -0.3 is 15.4 Å². The minimum Gasteiger partial charge on any atom is -0.497 e. The standard InChI is InChI=1S/C26H29N3O4S/c1-29(26(30)16-18-7-5-9-21(15-18)33-2)24-11-6-8-19-13-14-20(17-22(19)24)28-34(31,32)25-12-4-3-10-23(25)27/h3-5,7,9-10,12-15,17,24,28H,6,8,11,16,27H2,1-2H3. The van der Waals surface area contributed by atoms with Gasteiger partial charge in [0.1, 0.15) is 10.6 Å². The van der Waals surface area contributed by atoms with Gasteiger partial charge in [-0.3, -0.25) is 9.52 Å². The van der Waals surface area contributed by atoms with Crippen molar-refractivity contribution in [3.63, 3.8) is 0 Å². The van der Waals surface area contributed by atoms with Gasteiger partial charge in [-0.05, 0) is 72.4 Å². The van der Waals surface area contributed by atoms with Gasteiger partial charge in [0.25, 0.3) is 10.0 Å². The first-order chi connectivity index (χ1) is 16.3. The number of nitrogens with two attached hydrogens (primary N) is 1. The Bertz CT molecular complexity index is 1310. The van der Waals surface area contributed by atoms with Gasteiger partial charge in [0, 0.05) is 12.7 Å². The quantitative estimate of drug-likeness (QED) is 0.496. The molecule has 1 amide bonds. The molecule has 1 atom stereocenters. The lowest BCUT2D eigenvalue weighted by molar-refractivity contribution is -0.131. The molecule has 0 heterocycles. The third kappa shape index (κ3) is 5.02. The van der Waals surface area contributed by atoms with Gasteiger partial charge in [-0.15, -0.1) is 0 Å². The Balaban J connectivity index is 1.57. The van der Waals surface area contributed by atoms with Gasteiger partial charge in [0.05, 0.1) is 25.3 Å². The highest BCUT2D eigenvalue weighted by atomic mass is 32.2. The monoisotopic (exact) mass is 479 g/mol. The number of aryl methyl sites for hydroxylation is 1. The van der Waals surface area contributed by atoms with Crippen molar-refractivity contribution < 1.29 is 17.9 Å². The Morgan fingerprint density at radius 2 is 1.91 bits per heavy atom. The highest BCUT2D eigenvalue weighted by Gasteiger charge is 2.28. The van der Waals surface area contributed by atoms with Crippen LogP contribution < -0.4 is 15.2 Å². The summed E-state index contributed by atoms with van der Waals surface area (Å²) in [4.78, 5) is 14.9. The summed E-state index contributed by atoms with van der Waals surface area (Å²) in [6, 6.07) is 19.3. The van der Waals surface area contributed by atoms with Crippen molar-refractivity contribution in [2.75, 3.05) is 24.6 Å². The fourth-order valence-corrected chi connectivity index (χ4v) is 5.61. The van der Waals surface area contributed by atoms with Gasteiger partial charge in [-0.1, -0.05) is 30.3 Å². The first-order valence-electron chi connectivity index (χ1n) is 11.2. The molecule has 0 aliphatic heterocycles. The Morgan fingerprint density at radius 3 is 2.68 bits per heavy atom. The molecule has 34 heavy (non-hydrogen) atoms. The second-order valence-electron chi connectivity index (χ2n) is 8.50. The number of nitrogen functional groups attached to an aromatic ring is 1. The van der Waals surface area contributed by atoms with E-state index in [9.17, 15) is 13.2 Å². The van der Waals surface area contributed by atoms with Gasteiger partial charge in [-0.2, -0.15) is 0 Å². The van der Waals surface area contributed by atoms with E-state index in [1.165, 1.54) is 6.07 Å². The van der Waals surface area contributed by atoms with Crippen molar-refractivity contribution in [2.45, 2.75) is 36.6 Å². The van der Waals surface area contributed by atoms with E-state index < -0.39 is 10.0 Å². The zero-order chi connectivity index (χ0) is 24.3. The van der Waals surface area contributed by atoms with Crippen LogP contribution in [0.3, 0.4) is 0 Å². The number of methoxy groups -OCH3 is 1. The molecular weight excluding hydrogens is 450 g/mol. The molecule has 0 aromatic heterocycles. The number of nitrogens with one attached hydrogen (secondary N) is 1. The normalized spacial score (nSPS) is 15.3. The molecule has 1 aliphatic rings. The number of hydrogen-bond donors (Lipinski definition) is 2. The molecule has 0 spiro atoms. The number of carbonyl (C=O) groups excluding carboxylic acids is 1. The molecule has 0 bridgehead atoms. The molecule has 8 heteroatoms. The number of sulfonamides is 1. The van der Waals surface area contributed by atoms with Crippen LogP contribution in [0.5, 0.6) is 5.75 Å². The lowest BCUT2D eigenvalue weighted by Crippen LogP contribution is -2.34. The van der Waals surface area contributed by atoms with E-state index in [1.807, 2.05) is 43.4 Å². The maximum atomic E-state index is 13.1. The molecule has 3 aromatic carbocycles. The topological polar surface area (TPSA) is 102 Å². The van der Waals surface area contributed by atoms with Crippen LogP contribution in [0.25, 0.3) is 0 Å². The fraction of sp³-hybridized carbons (Fsp3) is 0.269. The summed E-state index contributed by atoms with van der Waals surface area (Å²) in [5.41, 5.74) is 9.49.